The number of nitro benzene ring substituents is 1. The van der Waals surface area contributed by atoms with Crippen molar-refractivity contribution in [1.29, 1.82) is 0 Å². The highest BCUT2D eigenvalue weighted by Gasteiger charge is 2.08. The quantitative estimate of drug-likeness (QED) is 0.450. The Morgan fingerprint density at radius 3 is 2.74 bits per heavy atom. The number of non-ortho nitro benzene ring substituents is 1. The summed E-state index contributed by atoms with van der Waals surface area (Å²) < 4.78 is 6.12. The molecule has 0 aliphatic carbocycles. The molecule has 0 aliphatic heterocycles. The fraction of sp³-hybridized carbons (Fsp3) is 0.500. The Balaban J connectivity index is 2.32. The number of nitro groups is 1. The number of likely N-dealkylation sites (N-methyl/N-ethyl adjacent to an activating group) is 1. The lowest BCUT2D eigenvalue weighted by molar-refractivity contribution is -0.384. The van der Waals surface area contributed by atoms with Crippen LogP contribution in [0.2, 0.25) is 0 Å². The van der Waals surface area contributed by atoms with E-state index in [-0.39, 0.29) is 5.69 Å². The first-order valence-electron chi connectivity index (χ1n) is 5.91. The summed E-state index contributed by atoms with van der Waals surface area (Å²) in [5.41, 5.74) is 0.890. The summed E-state index contributed by atoms with van der Waals surface area (Å²) in [6.45, 7) is 2.83. The summed E-state index contributed by atoms with van der Waals surface area (Å²) in [5, 5.41) is 13.8. The van der Waals surface area contributed by atoms with Gasteiger partial charge < -0.3 is 15.0 Å². The molecule has 0 amide bonds. The lowest BCUT2D eigenvalue weighted by atomic mass is 10.3. The number of hydrogen-bond acceptors (Lipinski definition) is 5. The largest absolute Gasteiger partial charge is 0.382 e. The van der Waals surface area contributed by atoms with Crippen molar-refractivity contribution in [3.05, 3.63) is 32.8 Å². The normalized spacial score (nSPS) is 10.7. The van der Waals surface area contributed by atoms with E-state index in [2.05, 4.69) is 26.1 Å². The summed E-state index contributed by atoms with van der Waals surface area (Å²) in [5.74, 6) is 0. The minimum atomic E-state index is -0.418. The molecule has 0 radical (unpaired) electrons. The molecule has 0 saturated carbocycles. The van der Waals surface area contributed by atoms with Gasteiger partial charge in [-0.1, -0.05) is 0 Å². The van der Waals surface area contributed by atoms with E-state index < -0.39 is 4.92 Å². The topological polar surface area (TPSA) is 67.6 Å². The average molecular weight is 332 g/mol. The van der Waals surface area contributed by atoms with Gasteiger partial charge in [0, 0.05) is 35.4 Å². The Labute approximate surface area is 121 Å². The highest BCUT2D eigenvalue weighted by Crippen LogP contribution is 2.26. The minimum absolute atomic E-state index is 0.0691. The molecule has 0 aliphatic rings. The first-order valence-corrected chi connectivity index (χ1v) is 6.70. The van der Waals surface area contributed by atoms with Crippen LogP contribution in [0.4, 0.5) is 11.4 Å². The lowest BCUT2D eigenvalue weighted by Gasteiger charge is -2.11. The van der Waals surface area contributed by atoms with Crippen LogP contribution in [0.15, 0.2) is 22.7 Å². The summed E-state index contributed by atoms with van der Waals surface area (Å²) >= 11 is 3.30. The second kappa shape index (κ2) is 8.08. The van der Waals surface area contributed by atoms with Gasteiger partial charge in [0.2, 0.25) is 0 Å². The predicted molar refractivity (Wildman–Crippen MR) is 78.7 cm³/mol. The number of rotatable bonds is 8. The first kappa shape index (κ1) is 15.9. The fourth-order valence-electron chi connectivity index (χ4n) is 1.37. The van der Waals surface area contributed by atoms with E-state index in [1.54, 1.807) is 6.07 Å². The van der Waals surface area contributed by atoms with Crippen LogP contribution in [0.25, 0.3) is 0 Å². The van der Waals surface area contributed by atoms with Crippen LogP contribution in [-0.4, -0.2) is 50.2 Å². The van der Waals surface area contributed by atoms with Crippen LogP contribution < -0.4 is 5.32 Å². The summed E-state index contributed by atoms with van der Waals surface area (Å²) in [6, 6.07) is 4.64. The smallest absolute Gasteiger partial charge is 0.270 e. The highest BCUT2D eigenvalue weighted by atomic mass is 79.9. The molecule has 0 atom stereocenters. The van der Waals surface area contributed by atoms with Crippen molar-refractivity contribution in [3.8, 4) is 0 Å². The van der Waals surface area contributed by atoms with Crippen LogP contribution in [0.3, 0.4) is 0 Å². The van der Waals surface area contributed by atoms with Gasteiger partial charge in [-0.2, -0.15) is 0 Å². The third-order valence-corrected chi connectivity index (χ3v) is 3.06. The highest BCUT2D eigenvalue weighted by molar-refractivity contribution is 9.10. The molecule has 1 N–H and O–H groups in total. The number of hydrogen-bond donors (Lipinski definition) is 1. The molecule has 19 heavy (non-hydrogen) atoms. The van der Waals surface area contributed by atoms with E-state index in [1.807, 2.05) is 14.1 Å². The van der Waals surface area contributed by atoms with Crippen molar-refractivity contribution >= 4 is 27.3 Å². The molecule has 7 heteroatoms. The molecule has 0 saturated heterocycles. The molecule has 0 heterocycles. The Kier molecular flexibility index (Phi) is 6.75. The maximum absolute atomic E-state index is 10.6. The molecule has 0 aromatic heterocycles. The van der Waals surface area contributed by atoms with Gasteiger partial charge >= 0.3 is 0 Å². The van der Waals surface area contributed by atoms with E-state index in [4.69, 9.17) is 4.74 Å². The van der Waals surface area contributed by atoms with E-state index in [9.17, 15) is 10.1 Å². The van der Waals surface area contributed by atoms with E-state index >= 15 is 0 Å². The van der Waals surface area contributed by atoms with Gasteiger partial charge in [-0.05, 0) is 36.1 Å². The number of nitrogens with zero attached hydrogens (tertiary/aromatic N) is 2. The fourth-order valence-corrected chi connectivity index (χ4v) is 1.87. The standard InChI is InChI=1S/C12H18BrN3O3/c1-15(2)6-8-19-7-5-14-12-4-3-10(16(17)18)9-11(12)13/h3-4,9,14H,5-8H2,1-2H3. The van der Waals surface area contributed by atoms with Crippen molar-refractivity contribution in [3.63, 3.8) is 0 Å². The summed E-state index contributed by atoms with van der Waals surface area (Å²) in [6.07, 6.45) is 0. The van der Waals surface area contributed by atoms with Gasteiger partial charge in [0.15, 0.2) is 0 Å². The van der Waals surface area contributed by atoms with Crippen molar-refractivity contribution in [2.45, 2.75) is 0 Å². The second-order valence-corrected chi connectivity index (χ2v) is 5.12. The first-order chi connectivity index (χ1) is 9.00. The second-order valence-electron chi connectivity index (χ2n) is 4.26. The van der Waals surface area contributed by atoms with Crippen molar-refractivity contribution in [2.24, 2.45) is 0 Å². The molecule has 6 nitrogen and oxygen atoms in total. The lowest BCUT2D eigenvalue weighted by Crippen LogP contribution is -2.20. The van der Waals surface area contributed by atoms with Crippen LogP contribution in [0.1, 0.15) is 0 Å². The van der Waals surface area contributed by atoms with Gasteiger partial charge in [-0.25, -0.2) is 0 Å². The summed E-state index contributed by atoms with van der Waals surface area (Å²) in [7, 11) is 3.99. The van der Waals surface area contributed by atoms with Crippen LogP contribution in [0, 0.1) is 10.1 Å². The summed E-state index contributed by atoms with van der Waals surface area (Å²) in [4.78, 5) is 12.2. The van der Waals surface area contributed by atoms with Crippen molar-refractivity contribution in [2.75, 3.05) is 45.7 Å². The molecule has 0 unspecified atom stereocenters. The van der Waals surface area contributed by atoms with Crippen molar-refractivity contribution < 1.29 is 9.66 Å². The molecule has 0 spiro atoms. The third-order valence-electron chi connectivity index (χ3n) is 2.41. The van der Waals surface area contributed by atoms with Gasteiger partial charge in [0.1, 0.15) is 0 Å². The number of anilines is 1. The maximum atomic E-state index is 10.6. The molecular formula is C12H18BrN3O3. The van der Waals surface area contributed by atoms with Gasteiger partial charge in [0.05, 0.1) is 18.1 Å². The van der Waals surface area contributed by atoms with Crippen molar-refractivity contribution in [1.82, 2.24) is 4.90 Å². The van der Waals surface area contributed by atoms with E-state index in [0.29, 0.717) is 24.2 Å². The zero-order valence-corrected chi connectivity index (χ0v) is 12.6. The van der Waals surface area contributed by atoms with E-state index in [1.165, 1.54) is 12.1 Å². The molecule has 1 rings (SSSR count). The predicted octanol–water partition coefficient (Wildman–Crippen LogP) is 2.35. The van der Waals surface area contributed by atoms with Gasteiger partial charge in [0.25, 0.3) is 5.69 Å². The molecule has 1 aromatic carbocycles. The Morgan fingerprint density at radius 1 is 1.42 bits per heavy atom. The zero-order chi connectivity index (χ0) is 14.3. The number of ether oxygens (including phenoxy) is 1. The maximum Gasteiger partial charge on any atom is 0.270 e. The molecule has 0 fully saturated rings. The zero-order valence-electron chi connectivity index (χ0n) is 11.1. The molecule has 0 bridgehead atoms. The Morgan fingerprint density at radius 2 is 2.16 bits per heavy atom. The molecule has 1 aromatic rings. The van der Waals surface area contributed by atoms with Crippen LogP contribution >= 0.6 is 15.9 Å². The monoisotopic (exact) mass is 331 g/mol. The molecular weight excluding hydrogens is 314 g/mol. The Bertz CT molecular complexity index is 427. The average Bonchev–Trinajstić information content (AvgIpc) is 2.34. The van der Waals surface area contributed by atoms with Crippen LogP contribution in [-0.2, 0) is 4.74 Å². The SMILES string of the molecule is CN(C)CCOCCNc1ccc([N+](=O)[O-])cc1Br. The number of nitrogens with one attached hydrogen (secondary N) is 1. The third kappa shape index (κ3) is 6.00. The number of halogens is 1. The minimum Gasteiger partial charge on any atom is -0.382 e. The number of benzene rings is 1. The molecule has 106 valence electrons. The van der Waals surface area contributed by atoms with Gasteiger partial charge in [-0.3, -0.25) is 10.1 Å². The van der Waals surface area contributed by atoms with Gasteiger partial charge in [-0.15, -0.1) is 0 Å². The van der Waals surface area contributed by atoms with E-state index in [0.717, 1.165) is 12.2 Å². The van der Waals surface area contributed by atoms with Crippen LogP contribution in [0.5, 0.6) is 0 Å². The Hall–Kier alpha value is -1.18.